The molecule has 3 heterocycles. The molecule has 3 rings (SSSR count). The van der Waals surface area contributed by atoms with Gasteiger partial charge in [0.25, 0.3) is 0 Å². The molecule has 1 aliphatic heterocycles. The van der Waals surface area contributed by atoms with Crippen LogP contribution in [0.15, 0.2) is 30.7 Å². The zero-order valence-corrected chi connectivity index (χ0v) is 20.0. The number of aromatic nitrogens is 2. The van der Waals surface area contributed by atoms with E-state index in [1.54, 1.807) is 0 Å². The van der Waals surface area contributed by atoms with Gasteiger partial charge in [0.05, 0.1) is 17.7 Å². The zero-order valence-electron chi connectivity index (χ0n) is 23.2. The number of hydrogen-bond acceptors (Lipinski definition) is 14. The molecule has 1 N–H and O–H groups in total. The highest BCUT2D eigenvalue weighted by Gasteiger charge is 2.48. The van der Waals surface area contributed by atoms with Crippen LogP contribution < -0.4 is 5.32 Å². The predicted molar refractivity (Wildman–Crippen MR) is 126 cm³/mol. The molecule has 2 aromatic heterocycles. The van der Waals surface area contributed by atoms with E-state index in [0.29, 0.717) is 5.56 Å². The molecule has 2 aromatic rings. The minimum absolute atomic E-state index is 0.162. The Bertz CT molecular complexity index is 1240. The van der Waals surface area contributed by atoms with E-state index in [1.807, 2.05) is 0 Å². The van der Waals surface area contributed by atoms with Crippen LogP contribution in [0.1, 0.15) is 20.7 Å². The topological polar surface area (TPSA) is 169 Å². The van der Waals surface area contributed by atoms with E-state index < -0.39 is 82.1 Å². The van der Waals surface area contributed by atoms with Gasteiger partial charge in [0.15, 0.2) is 11.4 Å². The summed E-state index contributed by atoms with van der Waals surface area (Å²) in [6.45, 7) is -3.25. The van der Waals surface area contributed by atoms with E-state index >= 15 is 0 Å². The molecule has 1 fully saturated rings. The molecule has 1 aliphatic rings. The van der Waals surface area contributed by atoms with Gasteiger partial charge in [-0.15, -0.1) is 0 Å². The van der Waals surface area contributed by atoms with Crippen molar-refractivity contribution in [1.82, 2.24) is 9.97 Å². The first-order chi connectivity index (χ1) is 19.5. The maximum Gasteiger partial charge on any atom is 0.204 e. The molecule has 0 spiro atoms. The van der Waals surface area contributed by atoms with Crippen LogP contribution in [0.2, 0.25) is 0 Å². The van der Waals surface area contributed by atoms with Crippen molar-refractivity contribution in [1.29, 1.82) is 0 Å². The molecule has 0 saturated carbocycles. The van der Waals surface area contributed by atoms with Crippen LogP contribution in [0.5, 0.6) is 0 Å². The van der Waals surface area contributed by atoms with Gasteiger partial charge in [-0.1, -0.05) is 11.3 Å². The fraction of sp³-hybridized carbons (Fsp3) is 0.435. The number of aldehydes is 4. The second-order valence-corrected chi connectivity index (χ2v) is 8.28. The number of nitrogens with one attached hydrogen (secondary N) is 1. The average Bonchev–Trinajstić information content (AvgIpc) is 3.38. The molecule has 1 unspecified atom stereocenters. The summed E-state index contributed by atoms with van der Waals surface area (Å²) >= 11 is 0.955. The summed E-state index contributed by atoms with van der Waals surface area (Å²) in [5, 5.41) is 3.07. The summed E-state index contributed by atoms with van der Waals surface area (Å²) in [6, 6.07) is 3.06. The molecule has 0 aromatic carbocycles. The standard InChI is InChI=1S/C23H25N3O10S/c27-5-9-32-14-16-19(33-10-6-28)20(34-11-7-29)21(35-12-8-30)22(36-16)26-23-25-13-17(37-23)18(31)15-1-3-24-4-2-15/h1-8,13,16,19-22H,9-12,14H2,(H,25,26)/t16-,19-,20+,21+,22?/m1/s1/i5D,6D,7D,8D. The summed E-state index contributed by atoms with van der Waals surface area (Å²) in [5.41, 5.74) is 0.373. The Morgan fingerprint density at radius 2 is 1.59 bits per heavy atom. The van der Waals surface area contributed by atoms with E-state index in [4.69, 9.17) is 29.2 Å². The highest BCUT2D eigenvalue weighted by Crippen LogP contribution is 2.31. The van der Waals surface area contributed by atoms with Gasteiger partial charge in [-0.05, 0) is 12.1 Å². The first-order valence-electron chi connectivity index (χ1n) is 12.8. The lowest BCUT2D eigenvalue weighted by Crippen LogP contribution is -2.63. The molecule has 0 aliphatic carbocycles. The van der Waals surface area contributed by atoms with Crippen molar-refractivity contribution < 1.29 is 53.1 Å². The molecule has 198 valence electrons. The van der Waals surface area contributed by atoms with Gasteiger partial charge in [0.2, 0.25) is 5.78 Å². The Morgan fingerprint density at radius 1 is 0.973 bits per heavy atom. The quantitative estimate of drug-likeness (QED) is 0.209. The zero-order chi connectivity index (χ0) is 29.9. The van der Waals surface area contributed by atoms with Gasteiger partial charge in [-0.25, -0.2) is 4.98 Å². The second-order valence-electron chi connectivity index (χ2n) is 7.25. The minimum atomic E-state index is -1.34. The van der Waals surface area contributed by atoms with Crippen molar-refractivity contribution in [3.05, 3.63) is 41.2 Å². The third-order valence-electron chi connectivity index (χ3n) is 5.02. The van der Waals surface area contributed by atoms with Gasteiger partial charge in [-0.3, -0.25) is 9.78 Å². The number of carbonyl (C=O) groups is 5. The minimum Gasteiger partial charge on any atom is -0.371 e. The SMILES string of the molecule is [2H]C(=O)COC[C@H]1OC(Nc2ncc(C(=O)c3ccncc3)s2)[C@@H](OCC([2H])=O)[C@@H](OCC([2H])=O)[C@@H]1OCC([2H])=O. The largest absolute Gasteiger partial charge is 0.371 e. The number of ketones is 1. The van der Waals surface area contributed by atoms with E-state index in [1.165, 1.54) is 30.7 Å². The molecule has 5 atom stereocenters. The molecule has 14 heteroatoms. The van der Waals surface area contributed by atoms with Crippen molar-refractivity contribution in [2.45, 2.75) is 30.6 Å². The van der Waals surface area contributed by atoms with Gasteiger partial charge < -0.3 is 48.2 Å². The van der Waals surface area contributed by atoms with Crippen molar-refractivity contribution in [2.24, 2.45) is 0 Å². The van der Waals surface area contributed by atoms with Crippen LogP contribution >= 0.6 is 11.3 Å². The lowest BCUT2D eigenvalue weighted by Gasteiger charge is -2.45. The van der Waals surface area contributed by atoms with E-state index in [9.17, 15) is 24.0 Å². The van der Waals surface area contributed by atoms with E-state index in [2.05, 4.69) is 15.3 Å². The Balaban J connectivity index is 1.92. The fourth-order valence-corrected chi connectivity index (χ4v) is 4.36. The maximum absolute atomic E-state index is 12.8. The lowest BCUT2D eigenvalue weighted by molar-refractivity contribution is -0.254. The highest BCUT2D eigenvalue weighted by atomic mass is 32.1. The summed E-state index contributed by atoms with van der Waals surface area (Å²) in [4.78, 5) is 66.4. The van der Waals surface area contributed by atoms with E-state index in [0.717, 1.165) is 11.3 Å². The third kappa shape index (κ3) is 7.85. The first-order valence-corrected chi connectivity index (χ1v) is 11.6. The highest BCUT2D eigenvalue weighted by molar-refractivity contribution is 7.17. The van der Waals surface area contributed by atoms with Crippen LogP contribution in [-0.4, -0.2) is 104 Å². The van der Waals surface area contributed by atoms with Gasteiger partial charge in [0, 0.05) is 18.0 Å². The normalized spacial score (nSPS) is 24.7. The predicted octanol–water partition coefficient (Wildman–Crippen LogP) is -0.126. The fourth-order valence-electron chi connectivity index (χ4n) is 3.56. The number of rotatable bonds is 17. The summed E-state index contributed by atoms with van der Waals surface area (Å²) in [7, 11) is 0. The van der Waals surface area contributed by atoms with Crippen LogP contribution in [0, 0.1) is 0 Å². The van der Waals surface area contributed by atoms with Crippen molar-refractivity contribution in [3.8, 4) is 0 Å². The maximum atomic E-state index is 12.8. The second kappa shape index (κ2) is 15.1. The summed E-state index contributed by atoms with van der Waals surface area (Å²) < 4.78 is 56.6. The summed E-state index contributed by atoms with van der Waals surface area (Å²) in [6.07, 6.45) is -6.54. The molecule has 0 amide bonds. The smallest absolute Gasteiger partial charge is 0.204 e. The number of hydrogen-bond donors (Lipinski definition) is 1. The van der Waals surface area contributed by atoms with Crippen LogP contribution in [0.25, 0.3) is 0 Å². The number of carbonyl (C=O) groups excluding carboxylic acids is 5. The monoisotopic (exact) mass is 539 g/mol. The molecule has 13 nitrogen and oxygen atoms in total. The van der Waals surface area contributed by atoms with E-state index in [-0.39, 0.29) is 22.4 Å². The Kier molecular flexibility index (Phi) is 9.34. The Morgan fingerprint density at radius 3 is 2.24 bits per heavy atom. The molecular formula is C23H25N3O10S. The van der Waals surface area contributed by atoms with Crippen molar-refractivity contribution in [2.75, 3.05) is 38.4 Å². The van der Waals surface area contributed by atoms with Crippen molar-refractivity contribution >= 4 is 47.3 Å². The first kappa shape index (κ1) is 22.9. The number of pyridine rings is 1. The number of thiazole rings is 1. The molecule has 0 radical (unpaired) electrons. The number of anilines is 1. The third-order valence-corrected chi connectivity index (χ3v) is 5.95. The molecule has 37 heavy (non-hydrogen) atoms. The molecule has 1 saturated heterocycles. The van der Waals surface area contributed by atoms with Crippen LogP contribution in [0.4, 0.5) is 5.13 Å². The van der Waals surface area contributed by atoms with Crippen LogP contribution in [0.3, 0.4) is 0 Å². The Hall–Kier alpha value is -3.27. The lowest BCUT2D eigenvalue weighted by atomic mass is 9.97. The number of nitrogens with zero attached hydrogens (tertiary/aromatic N) is 2. The van der Waals surface area contributed by atoms with Crippen molar-refractivity contribution in [3.63, 3.8) is 0 Å². The Labute approximate surface area is 221 Å². The van der Waals surface area contributed by atoms with Gasteiger partial charge >= 0.3 is 0 Å². The average molecular weight is 540 g/mol. The van der Waals surface area contributed by atoms with Gasteiger partial charge in [-0.2, -0.15) is 0 Å². The molecular weight excluding hydrogens is 510 g/mol. The summed E-state index contributed by atoms with van der Waals surface area (Å²) in [5.74, 6) is -0.329. The molecule has 0 bridgehead atoms. The van der Waals surface area contributed by atoms with Gasteiger partial charge in [0.1, 0.15) is 81.4 Å². The number of ether oxygens (including phenoxy) is 5. The van der Waals surface area contributed by atoms with Crippen LogP contribution in [-0.2, 0) is 42.9 Å².